The van der Waals surface area contributed by atoms with E-state index in [2.05, 4.69) is 20.7 Å². The van der Waals surface area contributed by atoms with E-state index in [0.29, 0.717) is 23.5 Å². The molecule has 0 radical (unpaired) electrons. The average Bonchev–Trinajstić information content (AvgIpc) is 2.64. The van der Waals surface area contributed by atoms with Gasteiger partial charge in [0.1, 0.15) is 4.90 Å². The van der Waals surface area contributed by atoms with Crippen LogP contribution in [0.1, 0.15) is 11.1 Å². The van der Waals surface area contributed by atoms with Crippen molar-refractivity contribution in [3.8, 4) is 17.2 Å². The van der Waals surface area contributed by atoms with Gasteiger partial charge in [-0.3, -0.25) is 0 Å². The highest BCUT2D eigenvalue weighted by atomic mass is 79.9. The maximum absolute atomic E-state index is 13.1. The fourth-order valence-corrected chi connectivity index (χ4v) is 4.95. The fraction of sp³-hybridized carbons (Fsp3) is 0.333. The number of alkyl halides is 3. The summed E-state index contributed by atoms with van der Waals surface area (Å²) in [5, 5.41) is 0. The van der Waals surface area contributed by atoms with E-state index >= 15 is 0 Å². The Morgan fingerprint density at radius 2 is 1.62 bits per heavy atom. The molecule has 0 atom stereocenters. The maximum Gasteiger partial charge on any atom is 0.573 e. The monoisotopic (exact) mass is 495 g/mol. The molecule has 1 heterocycles. The molecule has 3 rings (SSSR count). The molecule has 11 heteroatoms. The molecule has 6 nitrogen and oxygen atoms in total. The Hall–Kier alpha value is -1.98. The summed E-state index contributed by atoms with van der Waals surface area (Å²) in [4.78, 5) is -0.554. The standard InChI is InChI=1S/C18H17BrF3NO5S/c1-26-14-7-11-5-6-23(10-12(11)8-15(14)27-2)29(24,25)17-4-3-13(19)9-16(17)28-18(20,21)22/h3-4,7-9H,5-6,10H2,1-2H3. The molecule has 1 aliphatic rings. The van der Waals surface area contributed by atoms with Gasteiger partial charge in [0.05, 0.1) is 14.2 Å². The molecule has 0 bridgehead atoms. The van der Waals surface area contributed by atoms with Crippen LogP contribution >= 0.6 is 15.9 Å². The van der Waals surface area contributed by atoms with E-state index in [1.807, 2.05) is 0 Å². The second kappa shape index (κ2) is 8.04. The van der Waals surface area contributed by atoms with Crippen molar-refractivity contribution in [2.45, 2.75) is 24.2 Å². The van der Waals surface area contributed by atoms with Gasteiger partial charge in [0.25, 0.3) is 0 Å². The molecule has 0 saturated carbocycles. The van der Waals surface area contributed by atoms with E-state index in [0.717, 1.165) is 22.0 Å². The van der Waals surface area contributed by atoms with Gasteiger partial charge in [-0.1, -0.05) is 15.9 Å². The lowest BCUT2D eigenvalue weighted by Gasteiger charge is -2.29. The van der Waals surface area contributed by atoms with Gasteiger partial charge in [0.15, 0.2) is 17.2 Å². The zero-order valence-corrected chi connectivity index (χ0v) is 17.8. The number of sulfonamides is 1. The molecule has 0 aliphatic carbocycles. The van der Waals surface area contributed by atoms with Crippen molar-refractivity contribution < 1.29 is 35.8 Å². The molecule has 0 aromatic heterocycles. The predicted octanol–water partition coefficient (Wildman–Crippen LogP) is 4.11. The highest BCUT2D eigenvalue weighted by Crippen LogP contribution is 2.37. The first-order valence-corrected chi connectivity index (χ1v) is 10.6. The second-order valence-electron chi connectivity index (χ2n) is 6.20. The largest absolute Gasteiger partial charge is 0.573 e. The molecule has 0 unspecified atom stereocenters. The Balaban J connectivity index is 1.98. The van der Waals surface area contributed by atoms with Crippen LogP contribution in [-0.2, 0) is 23.0 Å². The van der Waals surface area contributed by atoms with Crippen LogP contribution in [-0.4, -0.2) is 39.8 Å². The lowest BCUT2D eigenvalue weighted by atomic mass is 10.0. The molecular weight excluding hydrogens is 479 g/mol. The van der Waals surface area contributed by atoms with Gasteiger partial charge in [0, 0.05) is 17.6 Å². The second-order valence-corrected chi connectivity index (χ2v) is 9.03. The van der Waals surface area contributed by atoms with E-state index < -0.39 is 27.0 Å². The van der Waals surface area contributed by atoms with Crippen molar-refractivity contribution in [3.63, 3.8) is 0 Å². The normalized spacial score (nSPS) is 15.0. The van der Waals surface area contributed by atoms with Crippen molar-refractivity contribution in [2.24, 2.45) is 0 Å². The summed E-state index contributed by atoms with van der Waals surface area (Å²) in [6.07, 6.45) is -4.65. The molecule has 0 amide bonds. The highest BCUT2D eigenvalue weighted by molar-refractivity contribution is 9.10. The van der Waals surface area contributed by atoms with Crippen LogP contribution in [0.25, 0.3) is 0 Å². The van der Waals surface area contributed by atoms with Crippen LogP contribution in [0, 0.1) is 0 Å². The number of halogens is 4. The SMILES string of the molecule is COc1cc2c(cc1OC)CN(S(=O)(=O)c1ccc(Br)cc1OC(F)(F)F)CC2. The third-order valence-corrected chi connectivity index (χ3v) is 6.81. The van der Waals surface area contributed by atoms with E-state index in [9.17, 15) is 21.6 Å². The quantitative estimate of drug-likeness (QED) is 0.624. The molecule has 0 fully saturated rings. The van der Waals surface area contributed by atoms with Gasteiger partial charge >= 0.3 is 6.36 Å². The van der Waals surface area contributed by atoms with Gasteiger partial charge in [-0.25, -0.2) is 8.42 Å². The van der Waals surface area contributed by atoms with Crippen molar-refractivity contribution in [1.29, 1.82) is 0 Å². The smallest absolute Gasteiger partial charge is 0.493 e. The van der Waals surface area contributed by atoms with E-state index in [4.69, 9.17) is 9.47 Å². The number of nitrogens with zero attached hydrogens (tertiary/aromatic N) is 1. The summed E-state index contributed by atoms with van der Waals surface area (Å²) >= 11 is 3.04. The zero-order valence-electron chi connectivity index (χ0n) is 15.4. The number of hydrogen-bond donors (Lipinski definition) is 0. The van der Waals surface area contributed by atoms with Gasteiger partial charge in [-0.05, 0) is 47.9 Å². The van der Waals surface area contributed by atoms with Gasteiger partial charge in [-0.15, -0.1) is 13.2 Å². The average molecular weight is 496 g/mol. The first-order chi connectivity index (χ1) is 13.5. The minimum Gasteiger partial charge on any atom is -0.493 e. The molecule has 2 aromatic carbocycles. The first kappa shape index (κ1) is 21.7. The lowest BCUT2D eigenvalue weighted by Crippen LogP contribution is -2.36. The number of methoxy groups -OCH3 is 2. The van der Waals surface area contributed by atoms with E-state index in [1.165, 1.54) is 20.3 Å². The Morgan fingerprint density at radius 1 is 1.00 bits per heavy atom. The minimum absolute atomic E-state index is 0.0143. The fourth-order valence-electron chi connectivity index (χ4n) is 3.10. The van der Waals surface area contributed by atoms with Gasteiger partial charge < -0.3 is 14.2 Å². The molecule has 29 heavy (non-hydrogen) atoms. The summed E-state index contributed by atoms with van der Waals surface area (Å²) in [5.41, 5.74) is 1.57. The van der Waals surface area contributed by atoms with Crippen molar-refractivity contribution in [2.75, 3.05) is 20.8 Å². The van der Waals surface area contributed by atoms with Crippen molar-refractivity contribution in [1.82, 2.24) is 4.31 Å². The number of fused-ring (bicyclic) bond motifs is 1. The number of hydrogen-bond acceptors (Lipinski definition) is 5. The summed E-state index contributed by atoms with van der Waals surface area (Å²) in [5.74, 6) is 0.177. The lowest BCUT2D eigenvalue weighted by molar-refractivity contribution is -0.275. The van der Waals surface area contributed by atoms with Gasteiger partial charge in [0.2, 0.25) is 10.0 Å². The van der Waals surface area contributed by atoms with Crippen LogP contribution in [0.15, 0.2) is 39.7 Å². The molecular formula is C18H17BrF3NO5S. The third-order valence-electron chi connectivity index (χ3n) is 4.43. The van der Waals surface area contributed by atoms with Crippen molar-refractivity contribution in [3.05, 3.63) is 45.9 Å². The molecule has 0 spiro atoms. The highest BCUT2D eigenvalue weighted by Gasteiger charge is 2.37. The predicted molar refractivity (Wildman–Crippen MR) is 102 cm³/mol. The van der Waals surface area contributed by atoms with Crippen LogP contribution < -0.4 is 14.2 Å². The minimum atomic E-state index is -5.02. The topological polar surface area (TPSA) is 65.1 Å². The first-order valence-electron chi connectivity index (χ1n) is 8.34. The Morgan fingerprint density at radius 3 is 2.21 bits per heavy atom. The summed E-state index contributed by atoms with van der Waals surface area (Å²) in [7, 11) is -1.28. The molecule has 158 valence electrons. The van der Waals surface area contributed by atoms with E-state index in [1.54, 1.807) is 12.1 Å². The Kier molecular flexibility index (Phi) is 6.02. The Bertz CT molecular complexity index is 1030. The van der Waals surface area contributed by atoms with Crippen LogP contribution in [0.3, 0.4) is 0 Å². The van der Waals surface area contributed by atoms with Gasteiger partial charge in [-0.2, -0.15) is 4.31 Å². The number of ether oxygens (including phenoxy) is 3. The van der Waals surface area contributed by atoms with Crippen LogP contribution in [0.4, 0.5) is 13.2 Å². The number of benzene rings is 2. The Labute approximate surface area is 174 Å². The molecule has 1 aliphatic heterocycles. The summed E-state index contributed by atoms with van der Waals surface area (Å²) in [6.45, 7) is 0.0892. The maximum atomic E-state index is 13.1. The summed E-state index contributed by atoms with van der Waals surface area (Å²) in [6, 6.07) is 6.86. The zero-order chi connectivity index (χ0) is 21.4. The molecule has 0 saturated heterocycles. The summed E-state index contributed by atoms with van der Waals surface area (Å²) < 4.78 is 80.3. The molecule has 2 aromatic rings. The number of rotatable bonds is 5. The van der Waals surface area contributed by atoms with Crippen LogP contribution in [0.5, 0.6) is 17.2 Å². The van der Waals surface area contributed by atoms with E-state index in [-0.39, 0.29) is 17.6 Å². The van der Waals surface area contributed by atoms with Crippen LogP contribution in [0.2, 0.25) is 0 Å². The molecule has 0 N–H and O–H groups in total. The van der Waals surface area contributed by atoms with Crippen molar-refractivity contribution >= 4 is 26.0 Å². The third kappa shape index (κ3) is 4.62.